The molecule has 0 unspecified atom stereocenters. The van der Waals surface area contributed by atoms with Crippen LogP contribution in [-0.2, 0) is 14.8 Å². The van der Waals surface area contributed by atoms with Crippen LogP contribution in [0.25, 0.3) is 0 Å². The first-order chi connectivity index (χ1) is 10.0. The largest absolute Gasteiger partial charge is 0.496 e. The van der Waals surface area contributed by atoms with E-state index in [1.165, 1.54) is 36.7 Å². The van der Waals surface area contributed by atoms with Crippen molar-refractivity contribution in [1.29, 1.82) is 0 Å². The Morgan fingerprint density at radius 1 is 1.23 bits per heavy atom. The molecule has 1 aromatic carbocycles. The molecule has 7 nitrogen and oxygen atoms in total. The van der Waals surface area contributed by atoms with Gasteiger partial charge in [0.05, 0.1) is 19.1 Å². The number of nitrogens with zero attached hydrogens (tertiary/aromatic N) is 1. The van der Waals surface area contributed by atoms with Gasteiger partial charge >= 0.3 is 5.97 Å². The topological polar surface area (TPSA) is 84.9 Å². The average molecular weight is 351 g/mol. The minimum Gasteiger partial charge on any atom is -0.496 e. The highest BCUT2D eigenvalue weighted by atomic mass is 35.5. The van der Waals surface area contributed by atoms with Gasteiger partial charge in [-0.05, 0) is 12.1 Å². The molecular weight excluding hydrogens is 332 g/mol. The molecule has 1 aliphatic rings. The molecule has 1 aliphatic heterocycles. The van der Waals surface area contributed by atoms with Crippen molar-refractivity contribution in [1.82, 2.24) is 9.62 Å². The van der Waals surface area contributed by atoms with Gasteiger partial charge in [-0.1, -0.05) is 0 Å². The molecule has 0 saturated carbocycles. The highest BCUT2D eigenvalue weighted by molar-refractivity contribution is 7.89. The summed E-state index contributed by atoms with van der Waals surface area (Å²) in [5.41, 5.74) is 0.194. The van der Waals surface area contributed by atoms with Crippen LogP contribution in [0.15, 0.2) is 23.1 Å². The average Bonchev–Trinajstić information content (AvgIpc) is 2.54. The smallest absolute Gasteiger partial charge is 0.341 e. The molecule has 1 aromatic rings. The van der Waals surface area contributed by atoms with Crippen LogP contribution in [0, 0.1) is 0 Å². The molecule has 0 aromatic heterocycles. The molecule has 2 rings (SSSR count). The number of carbonyl (C=O) groups excluding carboxylic acids is 1. The van der Waals surface area contributed by atoms with E-state index in [9.17, 15) is 13.2 Å². The summed E-state index contributed by atoms with van der Waals surface area (Å²) in [6, 6.07) is 4.15. The lowest BCUT2D eigenvalue weighted by molar-refractivity contribution is 0.0597. The van der Waals surface area contributed by atoms with Crippen molar-refractivity contribution in [2.75, 3.05) is 40.4 Å². The van der Waals surface area contributed by atoms with Gasteiger partial charge in [-0.25, -0.2) is 13.2 Å². The van der Waals surface area contributed by atoms with Gasteiger partial charge in [-0.3, -0.25) is 0 Å². The van der Waals surface area contributed by atoms with Crippen molar-refractivity contribution in [2.45, 2.75) is 4.90 Å². The third kappa shape index (κ3) is 3.70. The molecule has 22 heavy (non-hydrogen) atoms. The highest BCUT2D eigenvalue weighted by Gasteiger charge is 2.27. The van der Waals surface area contributed by atoms with Gasteiger partial charge < -0.3 is 14.8 Å². The van der Waals surface area contributed by atoms with Gasteiger partial charge in [0.25, 0.3) is 0 Å². The Bertz CT molecular complexity index is 629. The third-order valence-electron chi connectivity index (χ3n) is 3.29. The molecule has 9 heteroatoms. The third-order valence-corrected chi connectivity index (χ3v) is 5.19. The summed E-state index contributed by atoms with van der Waals surface area (Å²) in [5, 5.41) is 3.10. The van der Waals surface area contributed by atoms with E-state index in [1.54, 1.807) is 0 Å². The molecule has 0 spiro atoms. The predicted octanol–water partition coefficient (Wildman–Crippen LogP) is 0.498. The second kappa shape index (κ2) is 7.77. The van der Waals surface area contributed by atoms with Crippen LogP contribution in [-0.4, -0.2) is 59.1 Å². The summed E-state index contributed by atoms with van der Waals surface area (Å²) < 4.78 is 36.2. The van der Waals surface area contributed by atoms with E-state index >= 15 is 0 Å². The number of nitrogens with one attached hydrogen (secondary N) is 1. The summed E-state index contributed by atoms with van der Waals surface area (Å²) in [7, 11) is -0.948. The van der Waals surface area contributed by atoms with E-state index in [-0.39, 0.29) is 28.6 Å². The van der Waals surface area contributed by atoms with E-state index in [1.807, 2.05) is 0 Å². The second-order valence-corrected chi connectivity index (χ2v) is 6.45. The van der Waals surface area contributed by atoms with Crippen LogP contribution in [0.3, 0.4) is 0 Å². The predicted molar refractivity (Wildman–Crippen MR) is 83.2 cm³/mol. The Morgan fingerprint density at radius 2 is 1.86 bits per heavy atom. The number of halogens is 1. The number of ether oxygens (including phenoxy) is 2. The van der Waals surface area contributed by atoms with Crippen molar-refractivity contribution in [2.24, 2.45) is 0 Å². The van der Waals surface area contributed by atoms with Gasteiger partial charge in [0.15, 0.2) is 0 Å². The van der Waals surface area contributed by atoms with E-state index in [2.05, 4.69) is 10.1 Å². The van der Waals surface area contributed by atoms with E-state index in [0.29, 0.717) is 26.2 Å². The van der Waals surface area contributed by atoms with Crippen molar-refractivity contribution in [3.8, 4) is 5.75 Å². The molecule has 0 bridgehead atoms. The molecule has 1 heterocycles. The Balaban J connectivity index is 0.00000242. The molecule has 0 atom stereocenters. The lowest BCUT2D eigenvalue weighted by Gasteiger charge is -2.26. The van der Waals surface area contributed by atoms with Gasteiger partial charge in [0, 0.05) is 32.2 Å². The minimum atomic E-state index is -3.58. The first kappa shape index (κ1) is 18.7. The SMILES string of the molecule is COC(=O)c1ccc(S(=O)(=O)N2CCNCC2)cc1OC.Cl. The van der Waals surface area contributed by atoms with Crippen molar-refractivity contribution >= 4 is 28.4 Å². The van der Waals surface area contributed by atoms with Gasteiger partial charge in [0.2, 0.25) is 10.0 Å². The maximum absolute atomic E-state index is 12.5. The second-order valence-electron chi connectivity index (χ2n) is 4.51. The Kier molecular flexibility index (Phi) is 6.61. The fraction of sp³-hybridized carbons (Fsp3) is 0.462. The van der Waals surface area contributed by atoms with Crippen molar-refractivity contribution in [3.05, 3.63) is 23.8 Å². The van der Waals surface area contributed by atoms with E-state index in [0.717, 1.165) is 0 Å². The fourth-order valence-corrected chi connectivity index (χ4v) is 3.60. The maximum atomic E-state index is 12.5. The summed E-state index contributed by atoms with van der Waals surface area (Å²) >= 11 is 0. The van der Waals surface area contributed by atoms with Crippen LogP contribution in [0.1, 0.15) is 10.4 Å². The molecule has 1 fully saturated rings. The number of esters is 1. The van der Waals surface area contributed by atoms with Gasteiger partial charge in [0.1, 0.15) is 11.3 Å². The summed E-state index contributed by atoms with van der Waals surface area (Å²) in [5.74, 6) is -0.393. The molecule has 124 valence electrons. The Morgan fingerprint density at radius 3 is 2.41 bits per heavy atom. The Hall–Kier alpha value is -1.35. The van der Waals surface area contributed by atoms with Crippen LogP contribution in [0.2, 0.25) is 0 Å². The zero-order valence-corrected chi connectivity index (χ0v) is 14.0. The molecule has 1 N–H and O–H groups in total. The summed E-state index contributed by atoms with van der Waals surface area (Å²) in [4.78, 5) is 11.7. The van der Waals surface area contributed by atoms with Crippen molar-refractivity contribution in [3.63, 3.8) is 0 Å². The highest BCUT2D eigenvalue weighted by Crippen LogP contribution is 2.25. The van der Waals surface area contributed by atoms with Crippen molar-refractivity contribution < 1.29 is 22.7 Å². The lowest BCUT2D eigenvalue weighted by Crippen LogP contribution is -2.46. The maximum Gasteiger partial charge on any atom is 0.341 e. The Labute approximate surface area is 136 Å². The molecule has 1 saturated heterocycles. The van der Waals surface area contributed by atoms with Crippen LogP contribution in [0.4, 0.5) is 0 Å². The lowest BCUT2D eigenvalue weighted by atomic mass is 10.2. The number of hydrogen-bond donors (Lipinski definition) is 1. The number of rotatable bonds is 4. The molecule has 0 amide bonds. The van der Waals surface area contributed by atoms with Crippen LogP contribution < -0.4 is 10.1 Å². The standard InChI is InChI=1S/C13H18N2O5S.ClH/c1-19-12-9-10(3-4-11(12)13(16)20-2)21(17,18)15-7-5-14-6-8-15;/h3-4,9,14H,5-8H2,1-2H3;1H. The number of methoxy groups -OCH3 is 2. The quantitative estimate of drug-likeness (QED) is 0.796. The molecule has 0 radical (unpaired) electrons. The number of sulfonamides is 1. The zero-order valence-electron chi connectivity index (χ0n) is 12.4. The number of carbonyl (C=O) groups is 1. The normalized spacial score (nSPS) is 15.7. The van der Waals surface area contributed by atoms with E-state index in [4.69, 9.17) is 4.74 Å². The molecular formula is C13H19ClN2O5S. The monoisotopic (exact) mass is 350 g/mol. The summed E-state index contributed by atoms with van der Waals surface area (Å²) in [6.45, 7) is 2.08. The van der Waals surface area contributed by atoms with Crippen LogP contribution >= 0.6 is 12.4 Å². The first-order valence-corrected chi connectivity index (χ1v) is 7.92. The van der Waals surface area contributed by atoms with Gasteiger partial charge in [-0.2, -0.15) is 4.31 Å². The fourth-order valence-electron chi connectivity index (χ4n) is 2.14. The van der Waals surface area contributed by atoms with Gasteiger partial charge in [-0.15, -0.1) is 12.4 Å². The number of piperazine rings is 1. The zero-order chi connectivity index (χ0) is 15.5. The van der Waals surface area contributed by atoms with E-state index < -0.39 is 16.0 Å². The minimum absolute atomic E-state index is 0. The number of benzene rings is 1. The number of hydrogen-bond acceptors (Lipinski definition) is 6. The molecule has 0 aliphatic carbocycles. The summed E-state index contributed by atoms with van der Waals surface area (Å²) in [6.07, 6.45) is 0. The van der Waals surface area contributed by atoms with Crippen LogP contribution in [0.5, 0.6) is 5.75 Å². The first-order valence-electron chi connectivity index (χ1n) is 6.48.